The molecule has 10 rings (SSSR count). The van der Waals surface area contributed by atoms with Gasteiger partial charge in [0.15, 0.2) is 0 Å². The Labute approximate surface area is 565 Å². The molecule has 2 fully saturated rings. The first kappa shape index (κ1) is 75.8. The molecule has 3 aromatic heterocycles. The minimum absolute atomic E-state index is 0.00583. The molecule has 19 nitrogen and oxygen atoms in total. The van der Waals surface area contributed by atoms with E-state index in [-0.39, 0.29) is 60.2 Å². The van der Waals surface area contributed by atoms with Gasteiger partial charge in [0.2, 0.25) is 5.88 Å². The van der Waals surface area contributed by atoms with E-state index in [1.165, 1.54) is 3.57 Å². The molecule has 7 heterocycles. The number of phenolic OH excluding ortho intramolecular Hbond substituents is 1. The summed E-state index contributed by atoms with van der Waals surface area (Å²) in [6, 6.07) is 33.8. The van der Waals surface area contributed by atoms with E-state index in [0.717, 1.165) is 45.3 Å². The van der Waals surface area contributed by atoms with E-state index in [1.807, 2.05) is 173 Å². The number of aromatic hydroxyl groups is 1. The van der Waals surface area contributed by atoms with Crippen LogP contribution in [-0.2, 0) is 42.4 Å². The molecule has 2 amide bonds. The zero-order valence-corrected chi connectivity index (χ0v) is 59.0. The summed E-state index contributed by atoms with van der Waals surface area (Å²) < 4.78 is 111. The quantitative estimate of drug-likeness (QED) is 0.0616. The lowest BCUT2D eigenvalue weighted by atomic mass is 9.79. The van der Waals surface area contributed by atoms with Crippen molar-refractivity contribution in [2.45, 2.75) is 163 Å². The summed E-state index contributed by atoms with van der Waals surface area (Å²) in [6.45, 7) is 31.1. The average molecular weight is 1430 g/mol. The standard InChI is InChI=1S/C22H26N2O3.C17H20BNO3.C12H17BO3.C12H18F3NO5S.C5H4IN/c1-16-10-11-20(24(15-16)21(25)27-22(2,3)4)17-7-5-8-18(13-17)26-19-9-6-12-23-14-19;1-16(2)17(3,4)22-18(21-16)13-7-5-8-14(11-13)20-15-9-6-10-19-12-15;1-11(2)12(3,4)16-13(15-11)9-6-5-7-10(14)8-9;1-8-5-6-9(21-22(18,19)12(13,14)15)16(7-8)10(17)20-11(2,3)4;6-5-2-1-3-7-4-5/h5-9,11-14,16H,10,15H2,1-4H3;5-12H,1-4H3;5-8,14H,1-4H3;6,8H,5,7H2,1-4H3;1-4H/t16-;;;8-;/m0..0./s1. The number of ether oxygens (including phenoxy) is 4. The van der Waals surface area contributed by atoms with Gasteiger partial charge in [-0.25, -0.2) is 14.5 Å². The third kappa shape index (κ3) is 22.5. The van der Waals surface area contributed by atoms with Crippen molar-refractivity contribution in [3.8, 4) is 28.7 Å². The van der Waals surface area contributed by atoms with Crippen molar-refractivity contribution >= 4 is 75.8 Å². The molecule has 3 aromatic carbocycles. The molecule has 94 heavy (non-hydrogen) atoms. The van der Waals surface area contributed by atoms with Crippen LogP contribution in [-0.4, -0.2) is 117 Å². The van der Waals surface area contributed by atoms with E-state index in [2.05, 4.69) is 54.7 Å². The van der Waals surface area contributed by atoms with E-state index >= 15 is 0 Å². The second-order valence-electron chi connectivity index (χ2n) is 26.6. The SMILES string of the molecule is CC1(C)OB(c2cccc(O)c2)OC1(C)C.CC1(C)OB(c2cccc(Oc3cccnc3)c2)OC1(C)C.C[C@H]1CC=C(OS(=O)(=O)C(F)(F)F)N(C(=O)OC(C)(C)C)C1.C[C@H]1CC=C(c2cccc(Oc3cccnc3)c2)N(C(=O)OC(C)(C)C)C1.Ic1cccnc1. The Bertz CT molecular complexity index is 3620. The average Bonchev–Trinajstić information content (AvgIpc) is 1.60. The van der Waals surface area contributed by atoms with Gasteiger partial charge in [0.25, 0.3) is 0 Å². The molecule has 0 radical (unpaired) electrons. The molecule has 6 aromatic rings. The lowest BCUT2D eigenvalue weighted by molar-refractivity contribution is -0.0546. The van der Waals surface area contributed by atoms with Crippen LogP contribution in [0.2, 0.25) is 0 Å². The van der Waals surface area contributed by atoms with Gasteiger partial charge in [-0.1, -0.05) is 56.3 Å². The molecule has 2 atom stereocenters. The Morgan fingerprint density at radius 1 is 0.574 bits per heavy atom. The first-order valence-corrected chi connectivity index (χ1v) is 33.0. The number of allylic oxidation sites excluding steroid dienone is 2. The highest BCUT2D eigenvalue weighted by Crippen LogP contribution is 2.39. The predicted molar refractivity (Wildman–Crippen MR) is 364 cm³/mol. The van der Waals surface area contributed by atoms with Crippen LogP contribution in [0.25, 0.3) is 5.70 Å². The first-order chi connectivity index (χ1) is 43.6. The summed E-state index contributed by atoms with van der Waals surface area (Å²) in [5.41, 5.74) is -4.80. The zero-order valence-electron chi connectivity index (χ0n) is 56.1. The monoisotopic (exact) mass is 1430 g/mol. The Hall–Kier alpha value is -7.23. The molecule has 0 spiro atoms. The fraction of sp³-hybridized carbons (Fsp3) is 0.426. The minimum Gasteiger partial charge on any atom is -0.508 e. The fourth-order valence-electron chi connectivity index (χ4n) is 8.78. The lowest BCUT2D eigenvalue weighted by Crippen LogP contribution is -2.42. The van der Waals surface area contributed by atoms with Crippen LogP contribution in [0.3, 0.4) is 0 Å². The third-order valence-corrected chi connectivity index (χ3v) is 16.5. The Morgan fingerprint density at radius 3 is 1.41 bits per heavy atom. The number of rotatable bonds is 9. The van der Waals surface area contributed by atoms with E-state index in [9.17, 15) is 36.3 Å². The van der Waals surface area contributed by atoms with Crippen molar-refractivity contribution in [2.24, 2.45) is 11.8 Å². The summed E-state index contributed by atoms with van der Waals surface area (Å²) in [7, 11) is -6.63. The highest BCUT2D eigenvalue weighted by molar-refractivity contribution is 14.1. The molecular formula is C68H85B2F3IN5O14S. The van der Waals surface area contributed by atoms with Crippen molar-refractivity contribution in [3.05, 3.63) is 174 Å². The number of pyridine rings is 3. The number of halogens is 4. The second kappa shape index (κ2) is 31.5. The van der Waals surface area contributed by atoms with Crippen molar-refractivity contribution in [3.63, 3.8) is 0 Å². The molecule has 4 aliphatic rings. The predicted octanol–water partition coefficient (Wildman–Crippen LogP) is 15.0. The normalized spacial score (nSPS) is 18.7. The highest BCUT2D eigenvalue weighted by atomic mass is 127. The number of amides is 2. The van der Waals surface area contributed by atoms with Gasteiger partial charge in [-0.3, -0.25) is 19.9 Å². The molecule has 0 bridgehead atoms. The molecular weight excluding hydrogens is 1350 g/mol. The molecule has 4 aliphatic heterocycles. The molecule has 0 aliphatic carbocycles. The Kier molecular flexibility index (Phi) is 25.4. The van der Waals surface area contributed by atoms with Gasteiger partial charge in [-0.2, -0.15) is 21.6 Å². The van der Waals surface area contributed by atoms with Crippen LogP contribution in [0.15, 0.2) is 164 Å². The maximum atomic E-state index is 12.7. The number of carbonyl (C=O) groups excluding carboxylic acids is 2. The Morgan fingerprint density at radius 2 is 0.989 bits per heavy atom. The number of benzene rings is 3. The second-order valence-corrected chi connectivity index (χ2v) is 29.4. The third-order valence-electron chi connectivity index (χ3n) is 14.9. The Balaban J connectivity index is 0.000000194. The van der Waals surface area contributed by atoms with E-state index in [4.69, 9.17) is 37.6 Å². The zero-order chi connectivity index (χ0) is 69.7. The summed E-state index contributed by atoms with van der Waals surface area (Å²) in [5.74, 6) is 2.66. The molecule has 1 N–H and O–H groups in total. The highest BCUT2D eigenvalue weighted by Gasteiger charge is 2.53. The summed E-state index contributed by atoms with van der Waals surface area (Å²) in [5, 5.41) is 9.42. The van der Waals surface area contributed by atoms with E-state index in [0.29, 0.717) is 29.7 Å². The molecule has 0 unspecified atom stereocenters. The lowest BCUT2D eigenvalue weighted by Gasteiger charge is -2.34. The van der Waals surface area contributed by atoms with Crippen molar-refractivity contribution in [1.82, 2.24) is 24.8 Å². The van der Waals surface area contributed by atoms with Gasteiger partial charge in [-0.05, 0) is 234 Å². The van der Waals surface area contributed by atoms with Crippen LogP contribution in [0.5, 0.6) is 28.7 Å². The first-order valence-electron chi connectivity index (χ1n) is 30.5. The van der Waals surface area contributed by atoms with Crippen LogP contribution in [0.4, 0.5) is 22.8 Å². The van der Waals surface area contributed by atoms with E-state index < -0.39 is 45.9 Å². The van der Waals surface area contributed by atoms with Crippen molar-refractivity contribution in [2.75, 3.05) is 13.1 Å². The van der Waals surface area contributed by atoms with Gasteiger partial charge in [-0.15, -0.1) is 0 Å². The smallest absolute Gasteiger partial charge is 0.508 e. The van der Waals surface area contributed by atoms with Crippen molar-refractivity contribution < 1.29 is 78.0 Å². The van der Waals surface area contributed by atoms with Crippen molar-refractivity contribution in [1.29, 1.82) is 0 Å². The number of nitrogens with zero attached hydrogens (tertiary/aromatic N) is 5. The number of hydrogen-bond acceptors (Lipinski definition) is 17. The maximum absolute atomic E-state index is 12.7. The maximum Gasteiger partial charge on any atom is 0.534 e. The number of aromatic nitrogens is 3. The van der Waals surface area contributed by atoms with Gasteiger partial charge >= 0.3 is 42.0 Å². The van der Waals surface area contributed by atoms with Crippen LogP contribution in [0.1, 0.15) is 129 Å². The van der Waals surface area contributed by atoms with E-state index in [1.54, 1.807) is 81.8 Å². The molecule has 2 saturated heterocycles. The molecule has 26 heteroatoms. The minimum atomic E-state index is -5.84. The van der Waals surface area contributed by atoms with Crippen LogP contribution in [0, 0.1) is 15.4 Å². The molecule has 506 valence electrons. The van der Waals surface area contributed by atoms with Crippen LogP contribution < -0.4 is 20.4 Å². The number of carbonyl (C=O) groups is 2. The summed E-state index contributed by atoms with van der Waals surface area (Å²) in [6.07, 6.45) is 13.5. The van der Waals surface area contributed by atoms with Crippen LogP contribution >= 0.6 is 22.6 Å². The number of phenols is 1. The topological polar surface area (TPSA) is 217 Å². The van der Waals surface area contributed by atoms with Gasteiger partial charge in [0, 0.05) is 47.0 Å². The molecule has 0 saturated carbocycles. The largest absolute Gasteiger partial charge is 0.534 e. The number of alkyl halides is 3. The van der Waals surface area contributed by atoms with Gasteiger partial charge in [0.05, 0.1) is 40.5 Å². The summed E-state index contributed by atoms with van der Waals surface area (Å²) in [4.78, 5) is 39.2. The summed E-state index contributed by atoms with van der Waals surface area (Å²) >= 11 is 2.22. The number of hydrogen-bond donors (Lipinski definition) is 1. The van der Waals surface area contributed by atoms with Gasteiger partial charge < -0.3 is 46.9 Å². The van der Waals surface area contributed by atoms with Gasteiger partial charge in [0.1, 0.15) is 39.9 Å². The fourth-order valence-corrected chi connectivity index (χ4v) is 9.63.